The first kappa shape index (κ1) is 16.9. The van der Waals surface area contributed by atoms with Crippen molar-refractivity contribution in [2.45, 2.75) is 13.1 Å². The number of hydrogen-bond acceptors (Lipinski definition) is 2. The van der Waals surface area contributed by atoms with Gasteiger partial charge in [-0.15, -0.1) is 0 Å². The highest BCUT2D eigenvalue weighted by molar-refractivity contribution is 6.40. The monoisotopic (exact) mass is 260 g/mol. The summed E-state index contributed by atoms with van der Waals surface area (Å²) < 4.78 is 34.0. The molecule has 0 fully saturated rings. The molecule has 8 heteroatoms. The molecule has 0 spiro atoms. The average Bonchev–Trinajstić information content (AvgIpc) is 2.01. The average molecular weight is 261 g/mol. The van der Waals surface area contributed by atoms with E-state index in [1.807, 2.05) is 0 Å². The molecule has 0 aliphatic rings. The highest BCUT2D eigenvalue weighted by Crippen LogP contribution is 2.18. The number of aliphatic carboxylic acids is 2. The lowest BCUT2D eigenvalue weighted by atomic mass is 10.3. The van der Waals surface area contributed by atoms with Crippen LogP contribution in [0.1, 0.15) is 6.92 Å². The Morgan fingerprint density at radius 2 is 1.56 bits per heavy atom. The summed E-state index contributed by atoms with van der Waals surface area (Å²) >= 11 is 4.82. The summed E-state index contributed by atoms with van der Waals surface area (Å²) in [5.41, 5.74) is -0.715. The highest BCUT2D eigenvalue weighted by Gasteiger charge is 2.24. The fourth-order valence-electron chi connectivity index (χ4n) is 0.307. The number of alkyl halides is 3. The van der Waals surface area contributed by atoms with Crippen molar-refractivity contribution < 1.29 is 33.0 Å². The smallest absolute Gasteiger partial charge is 0.410 e. The fourth-order valence-corrected chi connectivity index (χ4v) is 0.307. The molecule has 0 bridgehead atoms. The van der Waals surface area contributed by atoms with Crippen molar-refractivity contribution in [3.8, 4) is 0 Å². The van der Waals surface area contributed by atoms with Crippen molar-refractivity contribution in [2.24, 2.45) is 0 Å². The van der Waals surface area contributed by atoms with E-state index in [9.17, 15) is 22.8 Å². The third kappa shape index (κ3) is 12.5. The van der Waals surface area contributed by atoms with Crippen LogP contribution in [0.15, 0.2) is 23.3 Å². The number of carboxylic acid groups (broad SMARTS) is 2. The Hall–Kier alpha value is -1.50. The molecule has 0 amide bonds. The van der Waals surface area contributed by atoms with Crippen LogP contribution in [0.2, 0.25) is 0 Å². The van der Waals surface area contributed by atoms with Gasteiger partial charge in [0.15, 0.2) is 0 Å². The van der Waals surface area contributed by atoms with E-state index in [-0.39, 0.29) is 11.1 Å². The Bertz CT molecular complexity index is 308. The van der Waals surface area contributed by atoms with Gasteiger partial charge < -0.3 is 10.2 Å². The summed E-state index contributed by atoms with van der Waals surface area (Å²) in [4.78, 5) is 19.3. The molecular formula is C8H8ClF3O4. The van der Waals surface area contributed by atoms with Crippen LogP contribution in [-0.4, -0.2) is 28.3 Å². The van der Waals surface area contributed by atoms with Gasteiger partial charge in [-0.2, -0.15) is 13.2 Å². The van der Waals surface area contributed by atoms with Gasteiger partial charge in [0.25, 0.3) is 0 Å². The maximum absolute atomic E-state index is 11.3. The first-order valence-corrected chi connectivity index (χ1v) is 3.92. The quantitative estimate of drug-likeness (QED) is 0.748. The van der Waals surface area contributed by atoms with Gasteiger partial charge in [0, 0.05) is 11.6 Å². The molecule has 4 nitrogen and oxygen atoms in total. The number of hydrogen-bond donors (Lipinski definition) is 2. The van der Waals surface area contributed by atoms with Gasteiger partial charge in [-0.25, -0.2) is 9.59 Å². The SMILES string of the molecule is C=C(Cl)C(=O)O.CC(=CC(F)(F)F)C(=O)O. The molecule has 0 saturated carbocycles. The van der Waals surface area contributed by atoms with Crippen LogP contribution in [-0.2, 0) is 9.59 Å². The molecule has 0 aromatic rings. The van der Waals surface area contributed by atoms with Gasteiger partial charge in [-0.1, -0.05) is 18.2 Å². The molecule has 0 atom stereocenters. The highest BCUT2D eigenvalue weighted by atomic mass is 35.5. The van der Waals surface area contributed by atoms with Crippen LogP contribution in [0.3, 0.4) is 0 Å². The minimum absolute atomic E-state index is 0.255. The van der Waals surface area contributed by atoms with E-state index in [1.54, 1.807) is 0 Å². The number of halogens is 4. The molecule has 0 aliphatic carbocycles. The number of rotatable bonds is 2. The predicted molar refractivity (Wildman–Crippen MR) is 50.1 cm³/mol. The number of carbonyl (C=O) groups is 2. The van der Waals surface area contributed by atoms with Crippen molar-refractivity contribution in [3.63, 3.8) is 0 Å². The molecular weight excluding hydrogens is 253 g/mol. The first-order chi connectivity index (χ1) is 6.97. The minimum atomic E-state index is -4.54. The van der Waals surface area contributed by atoms with Gasteiger partial charge in [-0.3, -0.25) is 0 Å². The minimum Gasteiger partial charge on any atom is -0.478 e. The van der Waals surface area contributed by atoms with Crippen molar-refractivity contribution in [1.29, 1.82) is 0 Å². The van der Waals surface area contributed by atoms with Crippen molar-refractivity contribution in [3.05, 3.63) is 23.3 Å². The zero-order valence-corrected chi connectivity index (χ0v) is 8.76. The predicted octanol–water partition coefficient (Wildman–Crippen LogP) is 2.40. The van der Waals surface area contributed by atoms with E-state index < -0.39 is 23.7 Å². The molecule has 16 heavy (non-hydrogen) atoms. The molecule has 0 heterocycles. The van der Waals surface area contributed by atoms with E-state index in [0.29, 0.717) is 0 Å². The van der Waals surface area contributed by atoms with E-state index in [0.717, 1.165) is 6.92 Å². The maximum Gasteiger partial charge on any atom is 0.410 e. The lowest BCUT2D eigenvalue weighted by molar-refractivity contribution is -0.133. The molecule has 0 aliphatic heterocycles. The summed E-state index contributed by atoms with van der Waals surface area (Å²) in [6, 6.07) is 0. The van der Waals surface area contributed by atoms with Crippen molar-refractivity contribution >= 4 is 23.5 Å². The van der Waals surface area contributed by atoms with E-state index >= 15 is 0 Å². The Kier molecular flexibility index (Phi) is 7.28. The van der Waals surface area contributed by atoms with Crippen molar-refractivity contribution in [1.82, 2.24) is 0 Å². The maximum atomic E-state index is 11.3. The van der Waals surface area contributed by atoms with Crippen LogP contribution in [0, 0.1) is 0 Å². The van der Waals surface area contributed by atoms with E-state index in [4.69, 9.17) is 21.8 Å². The molecule has 92 valence electrons. The van der Waals surface area contributed by atoms with Crippen molar-refractivity contribution in [2.75, 3.05) is 0 Å². The van der Waals surface area contributed by atoms with Crippen LogP contribution >= 0.6 is 11.6 Å². The van der Waals surface area contributed by atoms with Gasteiger partial charge in [0.1, 0.15) is 5.03 Å². The molecule has 0 unspecified atom stereocenters. The lowest BCUT2D eigenvalue weighted by Gasteiger charge is -1.98. The second-order valence-corrected chi connectivity index (χ2v) is 2.84. The summed E-state index contributed by atoms with van der Waals surface area (Å²) in [6.45, 7) is 3.81. The zero-order chi connectivity index (χ0) is 13.5. The Labute approximate surface area is 93.6 Å². The van der Waals surface area contributed by atoms with Crippen LogP contribution in [0.25, 0.3) is 0 Å². The standard InChI is InChI=1S/C5H5F3O2.C3H3ClO2/c1-3(4(9)10)2-5(6,7)8;1-2(4)3(5)6/h2H,1H3,(H,9,10);1H2,(H,5,6). The zero-order valence-electron chi connectivity index (χ0n) is 8.01. The van der Waals surface area contributed by atoms with Gasteiger partial charge in [0.2, 0.25) is 0 Å². The van der Waals surface area contributed by atoms with Gasteiger partial charge >= 0.3 is 18.1 Å². The van der Waals surface area contributed by atoms with Crippen LogP contribution < -0.4 is 0 Å². The van der Waals surface area contributed by atoms with Crippen LogP contribution in [0.4, 0.5) is 13.2 Å². The molecule has 0 radical (unpaired) electrons. The molecule has 0 aromatic carbocycles. The fraction of sp³-hybridized carbons (Fsp3) is 0.250. The molecule has 2 N–H and O–H groups in total. The Morgan fingerprint density at radius 1 is 1.25 bits per heavy atom. The third-order valence-electron chi connectivity index (χ3n) is 0.950. The number of carboxylic acids is 2. The summed E-state index contributed by atoms with van der Waals surface area (Å²) in [6.07, 6.45) is -4.79. The third-order valence-corrected chi connectivity index (χ3v) is 1.11. The summed E-state index contributed by atoms with van der Waals surface area (Å²) in [5, 5.41) is 15.4. The lowest BCUT2D eigenvalue weighted by Crippen LogP contribution is -2.06. The summed E-state index contributed by atoms with van der Waals surface area (Å²) in [7, 11) is 0. The molecule has 0 saturated heterocycles. The second kappa shape index (κ2) is 6.89. The topological polar surface area (TPSA) is 74.6 Å². The van der Waals surface area contributed by atoms with Crippen LogP contribution in [0.5, 0.6) is 0 Å². The van der Waals surface area contributed by atoms with E-state index in [1.165, 1.54) is 0 Å². The molecule has 0 aromatic heterocycles. The number of allylic oxidation sites excluding steroid dienone is 1. The Balaban J connectivity index is 0. The Morgan fingerprint density at radius 3 is 1.62 bits per heavy atom. The van der Waals surface area contributed by atoms with Gasteiger partial charge in [0.05, 0.1) is 0 Å². The normalized spacial score (nSPS) is 11.2. The van der Waals surface area contributed by atoms with E-state index in [2.05, 4.69) is 6.58 Å². The van der Waals surface area contributed by atoms with Gasteiger partial charge in [-0.05, 0) is 6.92 Å². The molecule has 0 rings (SSSR count). The first-order valence-electron chi connectivity index (χ1n) is 3.54. The second-order valence-electron chi connectivity index (χ2n) is 2.38. The summed E-state index contributed by atoms with van der Waals surface area (Å²) in [5.74, 6) is -2.73. The largest absolute Gasteiger partial charge is 0.478 e.